The zero-order chi connectivity index (χ0) is 18.2. The van der Waals surface area contributed by atoms with E-state index in [1.807, 2.05) is 18.2 Å². The van der Waals surface area contributed by atoms with Gasteiger partial charge in [-0.2, -0.15) is 0 Å². The molecule has 4 aromatic carbocycles. The van der Waals surface area contributed by atoms with Crippen LogP contribution in [0.15, 0.2) is 91.0 Å². The van der Waals surface area contributed by atoms with Crippen molar-refractivity contribution in [3.8, 4) is 39.5 Å². The van der Waals surface area contributed by atoms with E-state index in [0.717, 1.165) is 17.7 Å². The standard InChI is InChI=1S/C25H18O2/c26-18-12-14-19(15-13-18)27-25-11-4-3-8-23(25)22-10-5-9-21-20-7-2-1-6-17(20)16-24(21)22/h1-15,26H,16H2. The highest BCUT2D eigenvalue weighted by molar-refractivity contribution is 5.86. The van der Waals surface area contributed by atoms with Crippen LogP contribution in [0.2, 0.25) is 0 Å². The summed E-state index contributed by atoms with van der Waals surface area (Å²) in [4.78, 5) is 0. The van der Waals surface area contributed by atoms with Crippen molar-refractivity contribution in [2.24, 2.45) is 0 Å². The molecule has 0 amide bonds. The van der Waals surface area contributed by atoms with Crippen LogP contribution in [0, 0.1) is 0 Å². The van der Waals surface area contributed by atoms with Crippen molar-refractivity contribution in [3.63, 3.8) is 0 Å². The summed E-state index contributed by atoms with van der Waals surface area (Å²) in [6.45, 7) is 0. The van der Waals surface area contributed by atoms with Crippen LogP contribution in [-0.4, -0.2) is 5.11 Å². The maximum absolute atomic E-state index is 9.49. The molecule has 2 nitrogen and oxygen atoms in total. The molecule has 0 aromatic heterocycles. The van der Waals surface area contributed by atoms with Crippen LogP contribution in [0.4, 0.5) is 0 Å². The van der Waals surface area contributed by atoms with Crippen LogP contribution in [0.5, 0.6) is 17.2 Å². The SMILES string of the molecule is Oc1ccc(Oc2ccccc2-c2cccc3c2Cc2ccccc2-3)cc1. The molecule has 0 saturated heterocycles. The summed E-state index contributed by atoms with van der Waals surface area (Å²) in [5.41, 5.74) is 7.64. The average molecular weight is 350 g/mol. The van der Waals surface area contributed by atoms with Crippen LogP contribution in [0.25, 0.3) is 22.3 Å². The van der Waals surface area contributed by atoms with Gasteiger partial charge >= 0.3 is 0 Å². The number of rotatable bonds is 3. The molecule has 0 atom stereocenters. The van der Waals surface area contributed by atoms with Gasteiger partial charge < -0.3 is 9.84 Å². The van der Waals surface area contributed by atoms with Crippen LogP contribution in [0.3, 0.4) is 0 Å². The van der Waals surface area contributed by atoms with Gasteiger partial charge in [-0.05, 0) is 64.6 Å². The first kappa shape index (κ1) is 15.7. The number of para-hydroxylation sites is 1. The van der Waals surface area contributed by atoms with Crippen molar-refractivity contribution in [1.29, 1.82) is 0 Å². The maximum Gasteiger partial charge on any atom is 0.135 e. The molecule has 2 heteroatoms. The minimum absolute atomic E-state index is 0.231. The molecule has 1 N–H and O–H groups in total. The van der Waals surface area contributed by atoms with E-state index in [-0.39, 0.29) is 5.75 Å². The summed E-state index contributed by atoms with van der Waals surface area (Å²) < 4.78 is 6.14. The van der Waals surface area contributed by atoms with Crippen molar-refractivity contribution in [2.45, 2.75) is 6.42 Å². The molecule has 0 saturated carbocycles. The summed E-state index contributed by atoms with van der Waals surface area (Å²) in [6, 6.07) is 30.0. The monoisotopic (exact) mass is 350 g/mol. The molecular formula is C25H18O2. The molecule has 0 heterocycles. The minimum atomic E-state index is 0.231. The molecule has 4 aromatic rings. The lowest BCUT2D eigenvalue weighted by Gasteiger charge is -2.14. The second-order valence-corrected chi connectivity index (χ2v) is 6.76. The zero-order valence-electron chi connectivity index (χ0n) is 14.7. The average Bonchev–Trinajstić information content (AvgIpc) is 3.09. The van der Waals surface area contributed by atoms with Gasteiger partial charge in [-0.25, -0.2) is 0 Å². The Labute approximate surface area is 158 Å². The van der Waals surface area contributed by atoms with E-state index in [2.05, 4.69) is 48.5 Å². The first-order valence-corrected chi connectivity index (χ1v) is 9.06. The Balaban J connectivity index is 1.60. The summed E-state index contributed by atoms with van der Waals surface area (Å²) in [5.74, 6) is 1.75. The molecule has 1 aliphatic carbocycles. The Kier molecular flexibility index (Phi) is 3.68. The predicted octanol–water partition coefficient (Wildman–Crippen LogP) is 6.42. The normalized spacial score (nSPS) is 11.7. The highest BCUT2D eigenvalue weighted by Crippen LogP contribution is 2.44. The topological polar surface area (TPSA) is 29.5 Å². The lowest BCUT2D eigenvalue weighted by atomic mass is 9.95. The molecule has 0 spiro atoms. The predicted molar refractivity (Wildman–Crippen MR) is 108 cm³/mol. The fourth-order valence-electron chi connectivity index (χ4n) is 3.83. The Morgan fingerprint density at radius 1 is 0.593 bits per heavy atom. The minimum Gasteiger partial charge on any atom is -0.508 e. The molecular weight excluding hydrogens is 332 g/mol. The van der Waals surface area contributed by atoms with Gasteiger partial charge in [0.2, 0.25) is 0 Å². The molecule has 0 radical (unpaired) electrons. The quantitative estimate of drug-likeness (QED) is 0.407. The fraction of sp³-hybridized carbons (Fsp3) is 0.0400. The van der Waals surface area contributed by atoms with E-state index < -0.39 is 0 Å². The van der Waals surface area contributed by atoms with E-state index >= 15 is 0 Å². The first-order chi connectivity index (χ1) is 13.3. The van der Waals surface area contributed by atoms with Gasteiger partial charge in [0, 0.05) is 5.56 Å². The van der Waals surface area contributed by atoms with Crippen molar-refractivity contribution < 1.29 is 9.84 Å². The van der Waals surface area contributed by atoms with Gasteiger partial charge in [-0.15, -0.1) is 0 Å². The summed E-state index contributed by atoms with van der Waals surface area (Å²) in [7, 11) is 0. The van der Waals surface area contributed by atoms with E-state index in [1.54, 1.807) is 24.3 Å². The second kappa shape index (κ2) is 6.33. The number of phenolic OH excluding ortho intramolecular Hbond substituents is 1. The molecule has 130 valence electrons. The van der Waals surface area contributed by atoms with Crippen molar-refractivity contribution in [2.75, 3.05) is 0 Å². The third-order valence-electron chi connectivity index (χ3n) is 5.09. The maximum atomic E-state index is 9.49. The van der Waals surface area contributed by atoms with Gasteiger partial charge in [-0.3, -0.25) is 0 Å². The molecule has 0 unspecified atom stereocenters. The van der Waals surface area contributed by atoms with Crippen molar-refractivity contribution in [1.82, 2.24) is 0 Å². The summed E-state index contributed by atoms with van der Waals surface area (Å²) in [6.07, 6.45) is 0.940. The van der Waals surface area contributed by atoms with E-state index in [9.17, 15) is 5.11 Å². The van der Waals surface area contributed by atoms with Crippen LogP contribution >= 0.6 is 0 Å². The molecule has 0 bridgehead atoms. The number of aromatic hydroxyl groups is 1. The molecule has 1 aliphatic rings. The highest BCUT2D eigenvalue weighted by atomic mass is 16.5. The smallest absolute Gasteiger partial charge is 0.135 e. The molecule has 0 fully saturated rings. The third kappa shape index (κ3) is 2.76. The Morgan fingerprint density at radius 3 is 2.04 bits per heavy atom. The Hall–Kier alpha value is -3.52. The van der Waals surface area contributed by atoms with Crippen LogP contribution < -0.4 is 4.74 Å². The molecule has 5 rings (SSSR count). The second-order valence-electron chi connectivity index (χ2n) is 6.76. The number of benzene rings is 4. The summed E-state index contributed by atoms with van der Waals surface area (Å²) >= 11 is 0. The largest absolute Gasteiger partial charge is 0.508 e. The van der Waals surface area contributed by atoms with E-state index in [4.69, 9.17) is 4.74 Å². The highest BCUT2D eigenvalue weighted by Gasteiger charge is 2.22. The van der Waals surface area contributed by atoms with Crippen molar-refractivity contribution >= 4 is 0 Å². The fourth-order valence-corrected chi connectivity index (χ4v) is 3.83. The first-order valence-electron chi connectivity index (χ1n) is 9.06. The van der Waals surface area contributed by atoms with Gasteiger partial charge in [0.15, 0.2) is 0 Å². The number of phenols is 1. The number of fused-ring (bicyclic) bond motifs is 3. The number of hydrogen-bond acceptors (Lipinski definition) is 2. The van der Waals surface area contributed by atoms with E-state index in [1.165, 1.54) is 27.8 Å². The zero-order valence-corrected chi connectivity index (χ0v) is 14.7. The van der Waals surface area contributed by atoms with Gasteiger partial charge in [0.25, 0.3) is 0 Å². The molecule has 0 aliphatic heterocycles. The van der Waals surface area contributed by atoms with Gasteiger partial charge in [0.1, 0.15) is 17.2 Å². The third-order valence-corrected chi connectivity index (χ3v) is 5.09. The summed E-state index contributed by atoms with van der Waals surface area (Å²) in [5, 5.41) is 9.49. The van der Waals surface area contributed by atoms with E-state index in [0.29, 0.717) is 5.75 Å². The molecule has 27 heavy (non-hydrogen) atoms. The Bertz CT molecular complexity index is 1130. The van der Waals surface area contributed by atoms with Crippen LogP contribution in [-0.2, 0) is 6.42 Å². The Morgan fingerprint density at radius 2 is 1.22 bits per heavy atom. The van der Waals surface area contributed by atoms with Crippen molar-refractivity contribution in [3.05, 3.63) is 102 Å². The lowest BCUT2D eigenvalue weighted by molar-refractivity contribution is 0.465. The van der Waals surface area contributed by atoms with Crippen LogP contribution in [0.1, 0.15) is 11.1 Å². The number of ether oxygens (including phenoxy) is 1. The lowest BCUT2D eigenvalue weighted by Crippen LogP contribution is -1.92. The number of hydrogen-bond donors (Lipinski definition) is 1. The van der Waals surface area contributed by atoms with Gasteiger partial charge in [-0.1, -0.05) is 60.7 Å². The van der Waals surface area contributed by atoms with Gasteiger partial charge in [0.05, 0.1) is 0 Å².